The molecule has 232 valence electrons. The van der Waals surface area contributed by atoms with Gasteiger partial charge in [0.25, 0.3) is 11.5 Å². The molecule has 2 aromatic carbocycles. The minimum atomic E-state index is -3.06. The fraction of sp³-hybridized carbons (Fsp3) is 0.276. The number of rotatable bonds is 8. The molecule has 0 atom stereocenters. The smallest absolute Gasteiger partial charge is 0.387 e. The lowest BCUT2D eigenvalue weighted by Gasteiger charge is -2.34. The summed E-state index contributed by atoms with van der Waals surface area (Å²) in [5.74, 6) is -3.17. The number of amides is 1. The second-order valence-corrected chi connectivity index (χ2v) is 10.3. The highest BCUT2D eigenvalue weighted by Crippen LogP contribution is 2.35. The number of carbonyl (C=O) groups excluding carboxylic acids is 1. The molecule has 0 spiro atoms. The van der Waals surface area contributed by atoms with Crippen molar-refractivity contribution in [3.63, 3.8) is 0 Å². The molecule has 4 aromatic rings. The lowest BCUT2D eigenvalue weighted by Crippen LogP contribution is -2.45. The van der Waals surface area contributed by atoms with E-state index in [0.717, 1.165) is 42.0 Å². The Morgan fingerprint density at radius 2 is 1.61 bits per heavy atom. The zero-order valence-corrected chi connectivity index (χ0v) is 24.5. The van der Waals surface area contributed by atoms with E-state index < -0.39 is 41.0 Å². The normalized spacial score (nSPS) is 13.8. The van der Waals surface area contributed by atoms with Crippen LogP contribution < -0.4 is 25.2 Å². The Hall–Kier alpha value is -4.56. The highest BCUT2D eigenvalue weighted by molar-refractivity contribution is 6.29. The first-order chi connectivity index (χ1) is 21.0. The fourth-order valence-electron chi connectivity index (χ4n) is 4.98. The number of hydrogen-bond donors (Lipinski definition) is 1. The number of nitrogens with one attached hydrogen (secondary N) is 1. The lowest BCUT2D eigenvalue weighted by atomic mass is 10.1. The number of likely N-dealkylation sites (N-methyl/N-ethyl adjacent to an activating group) is 1. The van der Waals surface area contributed by atoms with Crippen LogP contribution in [-0.2, 0) is 7.05 Å². The van der Waals surface area contributed by atoms with Crippen LogP contribution in [0.5, 0.6) is 11.5 Å². The third kappa shape index (κ3) is 6.08. The van der Waals surface area contributed by atoms with Gasteiger partial charge in [0.05, 0.1) is 18.4 Å². The molecule has 1 aliphatic heterocycles. The summed E-state index contributed by atoms with van der Waals surface area (Å²) in [6, 6.07) is 9.85. The molecule has 44 heavy (non-hydrogen) atoms. The predicted octanol–water partition coefficient (Wildman–Crippen LogP) is 4.78. The van der Waals surface area contributed by atoms with Gasteiger partial charge in [0.15, 0.2) is 5.82 Å². The summed E-state index contributed by atoms with van der Waals surface area (Å²) in [7, 11) is 4.62. The Kier molecular flexibility index (Phi) is 8.83. The number of halogens is 5. The van der Waals surface area contributed by atoms with Gasteiger partial charge in [0, 0.05) is 50.9 Å². The Morgan fingerprint density at radius 1 is 0.977 bits per heavy atom. The van der Waals surface area contributed by atoms with Crippen molar-refractivity contribution in [1.29, 1.82) is 0 Å². The standard InChI is InChI=1S/C29H27ClF4N6O4/c1-37-10-12-39(13-11-37)21-8-9-22(30)35-26(21)40-28(42)24(36-27(41)16-4-6-17(7-5-16)44-29(33)34)25(38(40)2)23-19(31)14-18(43-3)15-20(23)32/h4-9,14-15,29H,10-13H2,1-3H3,(H,36,41). The molecule has 5 rings (SSSR count). The van der Waals surface area contributed by atoms with E-state index in [4.69, 9.17) is 16.3 Å². The number of anilines is 2. The van der Waals surface area contributed by atoms with E-state index in [0.29, 0.717) is 18.8 Å². The van der Waals surface area contributed by atoms with Crippen molar-refractivity contribution in [2.24, 2.45) is 7.05 Å². The SMILES string of the molecule is COc1cc(F)c(-c2c(NC(=O)c3ccc(OC(F)F)cc3)c(=O)n(-c3nc(Cl)ccc3N3CCN(C)CC3)n2C)c(F)c1. The number of benzene rings is 2. The number of carbonyl (C=O) groups is 1. The van der Waals surface area contributed by atoms with Gasteiger partial charge in [0.1, 0.15) is 39.7 Å². The number of nitrogens with zero attached hydrogens (tertiary/aromatic N) is 5. The lowest BCUT2D eigenvalue weighted by molar-refractivity contribution is -0.0498. The monoisotopic (exact) mass is 634 g/mol. The highest BCUT2D eigenvalue weighted by Gasteiger charge is 2.30. The number of hydrogen-bond acceptors (Lipinski definition) is 7. The van der Waals surface area contributed by atoms with Gasteiger partial charge < -0.3 is 24.6 Å². The van der Waals surface area contributed by atoms with Crippen LogP contribution >= 0.6 is 11.6 Å². The van der Waals surface area contributed by atoms with Crippen molar-refractivity contribution < 1.29 is 31.8 Å². The van der Waals surface area contributed by atoms with Crippen molar-refractivity contribution in [1.82, 2.24) is 19.2 Å². The summed E-state index contributed by atoms with van der Waals surface area (Å²) in [6.45, 7) is -0.379. The molecule has 10 nitrogen and oxygen atoms in total. The summed E-state index contributed by atoms with van der Waals surface area (Å²) >= 11 is 6.27. The maximum Gasteiger partial charge on any atom is 0.387 e. The molecule has 3 heterocycles. The molecule has 0 radical (unpaired) electrons. The summed E-state index contributed by atoms with van der Waals surface area (Å²) in [5, 5.41) is 2.52. The average molecular weight is 635 g/mol. The number of aromatic nitrogens is 3. The van der Waals surface area contributed by atoms with E-state index in [-0.39, 0.29) is 33.7 Å². The van der Waals surface area contributed by atoms with Crippen LogP contribution in [-0.4, -0.2) is 72.1 Å². The molecule has 0 saturated carbocycles. The van der Waals surface area contributed by atoms with Crippen LogP contribution in [0.1, 0.15) is 10.4 Å². The quantitative estimate of drug-likeness (QED) is 0.220. The van der Waals surface area contributed by atoms with Crippen molar-refractivity contribution in [3.8, 4) is 28.6 Å². The van der Waals surface area contributed by atoms with Gasteiger partial charge in [0.2, 0.25) is 0 Å². The maximum atomic E-state index is 15.5. The first kappa shape index (κ1) is 30.9. The van der Waals surface area contributed by atoms with Gasteiger partial charge >= 0.3 is 6.61 Å². The molecule has 15 heteroatoms. The molecule has 0 unspecified atom stereocenters. The molecular weight excluding hydrogens is 608 g/mol. The van der Waals surface area contributed by atoms with Crippen LogP contribution in [0.4, 0.5) is 28.9 Å². The van der Waals surface area contributed by atoms with E-state index in [2.05, 4.69) is 19.9 Å². The second kappa shape index (κ2) is 12.6. The van der Waals surface area contributed by atoms with E-state index in [1.807, 2.05) is 11.9 Å². The third-order valence-corrected chi connectivity index (χ3v) is 7.41. The zero-order valence-electron chi connectivity index (χ0n) is 23.8. The second-order valence-electron chi connectivity index (χ2n) is 9.95. The largest absolute Gasteiger partial charge is 0.497 e. The van der Waals surface area contributed by atoms with E-state index >= 15 is 8.78 Å². The molecule has 0 bridgehead atoms. The number of piperazine rings is 1. The summed E-state index contributed by atoms with van der Waals surface area (Å²) in [5.41, 5.74) is -1.72. The van der Waals surface area contributed by atoms with Gasteiger partial charge in [-0.1, -0.05) is 11.6 Å². The summed E-state index contributed by atoms with van der Waals surface area (Å²) in [6.07, 6.45) is 0. The molecule has 1 saturated heterocycles. The first-order valence-corrected chi connectivity index (χ1v) is 13.7. The minimum absolute atomic E-state index is 0.0398. The fourth-order valence-corrected chi connectivity index (χ4v) is 5.12. The van der Waals surface area contributed by atoms with Gasteiger partial charge in [-0.15, -0.1) is 0 Å². The van der Waals surface area contributed by atoms with Gasteiger partial charge in [-0.2, -0.15) is 13.5 Å². The van der Waals surface area contributed by atoms with Crippen LogP contribution in [0.3, 0.4) is 0 Å². The zero-order chi connectivity index (χ0) is 31.7. The maximum absolute atomic E-state index is 15.5. The van der Waals surface area contributed by atoms with E-state index in [1.165, 1.54) is 31.0 Å². The average Bonchev–Trinajstić information content (AvgIpc) is 3.21. The van der Waals surface area contributed by atoms with Crippen LogP contribution in [0.15, 0.2) is 53.3 Å². The molecule has 2 aromatic heterocycles. The van der Waals surface area contributed by atoms with E-state index in [9.17, 15) is 18.4 Å². The molecule has 1 amide bonds. The highest BCUT2D eigenvalue weighted by atomic mass is 35.5. The topological polar surface area (TPSA) is 93.9 Å². The molecule has 1 fully saturated rings. The van der Waals surface area contributed by atoms with Crippen LogP contribution in [0.25, 0.3) is 17.1 Å². The van der Waals surface area contributed by atoms with Crippen LogP contribution in [0, 0.1) is 11.6 Å². The summed E-state index contributed by atoms with van der Waals surface area (Å²) in [4.78, 5) is 36.0. The Labute approximate surface area is 254 Å². The third-order valence-electron chi connectivity index (χ3n) is 7.20. The summed E-state index contributed by atoms with van der Waals surface area (Å²) < 4.78 is 67.7. The number of pyridine rings is 1. The van der Waals surface area contributed by atoms with Gasteiger partial charge in [-0.25, -0.2) is 13.8 Å². The minimum Gasteiger partial charge on any atom is -0.497 e. The van der Waals surface area contributed by atoms with Crippen molar-refractivity contribution in [3.05, 3.63) is 81.2 Å². The number of methoxy groups -OCH3 is 1. The molecule has 1 N–H and O–H groups in total. The number of ether oxygens (including phenoxy) is 2. The number of alkyl halides is 2. The Morgan fingerprint density at radius 3 is 2.20 bits per heavy atom. The Balaban J connectivity index is 1.68. The van der Waals surface area contributed by atoms with E-state index in [1.54, 1.807) is 12.1 Å². The van der Waals surface area contributed by atoms with Gasteiger partial charge in [-0.3, -0.25) is 14.3 Å². The van der Waals surface area contributed by atoms with Gasteiger partial charge in [-0.05, 0) is 43.4 Å². The molecule has 1 aliphatic rings. The molecular formula is C29H27ClF4N6O4. The van der Waals surface area contributed by atoms with Crippen LogP contribution in [0.2, 0.25) is 5.15 Å². The van der Waals surface area contributed by atoms with Crippen molar-refractivity contribution in [2.75, 3.05) is 50.6 Å². The first-order valence-electron chi connectivity index (χ1n) is 13.3. The molecule has 0 aliphatic carbocycles. The van der Waals surface area contributed by atoms with Crippen molar-refractivity contribution in [2.45, 2.75) is 6.61 Å². The Bertz CT molecular complexity index is 1730. The van der Waals surface area contributed by atoms with Crippen molar-refractivity contribution >= 4 is 28.9 Å². The predicted molar refractivity (Wildman–Crippen MR) is 156 cm³/mol.